The van der Waals surface area contributed by atoms with Gasteiger partial charge in [-0.2, -0.15) is 0 Å². The van der Waals surface area contributed by atoms with Gasteiger partial charge in [0.25, 0.3) is 5.91 Å². The van der Waals surface area contributed by atoms with Crippen molar-refractivity contribution in [3.05, 3.63) is 70.2 Å². The number of nitrogens with one attached hydrogen (secondary N) is 1. The van der Waals surface area contributed by atoms with Gasteiger partial charge in [-0.25, -0.2) is 0 Å². The molecule has 0 saturated carbocycles. The molecule has 0 heterocycles. The molecule has 2 rings (SSSR count). The third-order valence-electron chi connectivity index (χ3n) is 2.59. The van der Waals surface area contributed by atoms with Gasteiger partial charge in [0.15, 0.2) is 0 Å². The maximum Gasteiger partial charge on any atom is 0.262 e. The Hall–Kier alpha value is -1.87. The predicted octanol–water partition coefficient (Wildman–Crippen LogP) is 4.37. The van der Waals surface area contributed by atoms with Gasteiger partial charge < -0.3 is 5.32 Å². The van der Waals surface area contributed by atoms with Gasteiger partial charge >= 0.3 is 0 Å². The maximum absolute atomic E-state index is 12.0. The highest BCUT2D eigenvalue weighted by Gasteiger charge is 2.06. The van der Waals surface area contributed by atoms with E-state index in [4.69, 9.17) is 0 Å². The lowest BCUT2D eigenvalue weighted by Crippen LogP contribution is -2.11. The van der Waals surface area contributed by atoms with Crippen molar-refractivity contribution in [1.29, 1.82) is 0 Å². The van der Waals surface area contributed by atoms with Crippen LogP contribution in [0.1, 0.15) is 11.1 Å². The SMILES string of the molecule is Cc1cccc(NC(=O)/C(Br)=C/c2ccccc2)c1. The Morgan fingerprint density at radius 1 is 1.11 bits per heavy atom. The van der Waals surface area contributed by atoms with E-state index in [0.29, 0.717) is 4.48 Å². The zero-order valence-electron chi connectivity index (χ0n) is 10.6. The minimum atomic E-state index is -0.158. The standard InChI is InChI=1S/C16H14BrNO/c1-12-6-5-9-14(10-12)18-16(19)15(17)11-13-7-3-2-4-8-13/h2-11H,1H3,(H,18,19)/b15-11-. The highest BCUT2D eigenvalue weighted by molar-refractivity contribution is 9.12. The second-order valence-electron chi connectivity index (χ2n) is 4.23. The lowest BCUT2D eigenvalue weighted by molar-refractivity contribution is -0.112. The number of anilines is 1. The Bertz CT molecular complexity index is 605. The summed E-state index contributed by atoms with van der Waals surface area (Å²) in [5.41, 5.74) is 2.89. The molecule has 1 N–H and O–H groups in total. The van der Waals surface area contributed by atoms with E-state index >= 15 is 0 Å². The summed E-state index contributed by atoms with van der Waals surface area (Å²) in [5, 5.41) is 2.85. The number of aryl methyl sites for hydroxylation is 1. The number of amides is 1. The summed E-state index contributed by atoms with van der Waals surface area (Å²) in [5.74, 6) is -0.158. The predicted molar refractivity (Wildman–Crippen MR) is 83.2 cm³/mol. The van der Waals surface area contributed by atoms with Gasteiger partial charge in [0, 0.05) is 5.69 Å². The minimum Gasteiger partial charge on any atom is -0.322 e. The molecule has 2 aromatic carbocycles. The average Bonchev–Trinajstić information content (AvgIpc) is 2.40. The molecule has 0 aromatic heterocycles. The molecule has 0 atom stereocenters. The fraction of sp³-hybridized carbons (Fsp3) is 0.0625. The molecule has 0 unspecified atom stereocenters. The monoisotopic (exact) mass is 315 g/mol. The molecule has 0 aliphatic carbocycles. The van der Waals surface area contributed by atoms with Crippen molar-refractivity contribution in [3.8, 4) is 0 Å². The van der Waals surface area contributed by atoms with Gasteiger partial charge in [-0.1, -0.05) is 42.5 Å². The Morgan fingerprint density at radius 3 is 2.53 bits per heavy atom. The van der Waals surface area contributed by atoms with E-state index in [1.54, 1.807) is 6.08 Å². The van der Waals surface area contributed by atoms with Crippen molar-refractivity contribution in [1.82, 2.24) is 0 Å². The number of halogens is 1. The largest absolute Gasteiger partial charge is 0.322 e. The molecule has 2 aromatic rings. The van der Waals surface area contributed by atoms with Crippen molar-refractivity contribution < 1.29 is 4.79 Å². The molecule has 2 nitrogen and oxygen atoms in total. The van der Waals surface area contributed by atoms with Gasteiger partial charge in [0.2, 0.25) is 0 Å². The summed E-state index contributed by atoms with van der Waals surface area (Å²) in [4.78, 5) is 12.0. The smallest absolute Gasteiger partial charge is 0.262 e. The highest BCUT2D eigenvalue weighted by Crippen LogP contribution is 2.16. The first-order chi connectivity index (χ1) is 9.15. The number of carbonyl (C=O) groups excluding carboxylic acids is 1. The third kappa shape index (κ3) is 4.07. The van der Waals surface area contributed by atoms with Crippen LogP contribution in [0.4, 0.5) is 5.69 Å². The van der Waals surface area contributed by atoms with Gasteiger partial charge in [0.05, 0.1) is 4.48 Å². The van der Waals surface area contributed by atoms with E-state index < -0.39 is 0 Å². The van der Waals surface area contributed by atoms with Crippen LogP contribution >= 0.6 is 15.9 Å². The topological polar surface area (TPSA) is 29.1 Å². The van der Waals surface area contributed by atoms with Crippen LogP contribution in [0.15, 0.2) is 59.1 Å². The molecule has 1 amide bonds. The van der Waals surface area contributed by atoms with Crippen molar-refractivity contribution in [2.45, 2.75) is 6.92 Å². The second kappa shape index (κ2) is 6.34. The third-order valence-corrected chi connectivity index (χ3v) is 3.17. The Balaban J connectivity index is 2.10. The van der Waals surface area contributed by atoms with Crippen LogP contribution in [0.5, 0.6) is 0 Å². The maximum atomic E-state index is 12.0. The normalized spacial score (nSPS) is 11.2. The first-order valence-electron chi connectivity index (χ1n) is 5.95. The lowest BCUT2D eigenvalue weighted by Gasteiger charge is -2.05. The molecular formula is C16H14BrNO. The summed E-state index contributed by atoms with van der Waals surface area (Å²) in [7, 11) is 0. The fourth-order valence-corrected chi connectivity index (χ4v) is 2.04. The molecule has 0 fully saturated rings. The van der Waals surface area contributed by atoms with Crippen LogP contribution in [0, 0.1) is 6.92 Å². The van der Waals surface area contributed by atoms with Crippen LogP contribution in [0.3, 0.4) is 0 Å². The molecule has 0 spiro atoms. The fourth-order valence-electron chi connectivity index (χ4n) is 1.67. The summed E-state index contributed by atoms with van der Waals surface area (Å²) in [6.07, 6.45) is 1.80. The number of benzene rings is 2. The molecule has 19 heavy (non-hydrogen) atoms. The zero-order valence-corrected chi connectivity index (χ0v) is 12.1. The van der Waals surface area contributed by atoms with Crippen LogP contribution in [-0.2, 0) is 4.79 Å². The summed E-state index contributed by atoms with van der Waals surface area (Å²) in [6, 6.07) is 17.4. The first-order valence-corrected chi connectivity index (χ1v) is 6.75. The van der Waals surface area contributed by atoms with Gasteiger partial charge in [-0.3, -0.25) is 4.79 Å². The summed E-state index contributed by atoms with van der Waals surface area (Å²) >= 11 is 3.31. The molecule has 0 radical (unpaired) electrons. The molecular weight excluding hydrogens is 302 g/mol. The minimum absolute atomic E-state index is 0.158. The van der Waals surface area contributed by atoms with Crippen molar-refractivity contribution in [3.63, 3.8) is 0 Å². The van der Waals surface area contributed by atoms with Crippen LogP contribution < -0.4 is 5.32 Å². The molecule has 0 aliphatic rings. The lowest BCUT2D eigenvalue weighted by atomic mass is 10.2. The Labute approximate surface area is 121 Å². The summed E-state index contributed by atoms with van der Waals surface area (Å²) in [6.45, 7) is 1.99. The Morgan fingerprint density at radius 2 is 1.84 bits per heavy atom. The molecule has 96 valence electrons. The van der Waals surface area contributed by atoms with E-state index in [-0.39, 0.29) is 5.91 Å². The molecule has 0 bridgehead atoms. The van der Waals surface area contributed by atoms with Gasteiger partial charge in [-0.15, -0.1) is 0 Å². The van der Waals surface area contributed by atoms with E-state index in [1.807, 2.05) is 61.5 Å². The van der Waals surface area contributed by atoms with E-state index in [2.05, 4.69) is 21.2 Å². The summed E-state index contributed by atoms with van der Waals surface area (Å²) < 4.78 is 0.500. The van der Waals surface area contributed by atoms with E-state index in [9.17, 15) is 4.79 Å². The first kappa shape index (κ1) is 13.6. The van der Waals surface area contributed by atoms with Crippen LogP contribution in [0.2, 0.25) is 0 Å². The van der Waals surface area contributed by atoms with E-state index in [0.717, 1.165) is 16.8 Å². The molecule has 3 heteroatoms. The van der Waals surface area contributed by atoms with Crippen molar-refractivity contribution >= 4 is 33.6 Å². The van der Waals surface area contributed by atoms with Crippen LogP contribution in [0.25, 0.3) is 6.08 Å². The average molecular weight is 316 g/mol. The number of hydrogen-bond acceptors (Lipinski definition) is 1. The molecule has 0 saturated heterocycles. The Kier molecular flexibility index (Phi) is 4.53. The van der Waals surface area contributed by atoms with E-state index in [1.165, 1.54) is 0 Å². The van der Waals surface area contributed by atoms with Crippen molar-refractivity contribution in [2.75, 3.05) is 5.32 Å². The quantitative estimate of drug-likeness (QED) is 0.837. The zero-order chi connectivity index (χ0) is 13.7. The number of hydrogen-bond donors (Lipinski definition) is 1. The second-order valence-corrected chi connectivity index (χ2v) is 5.08. The van der Waals surface area contributed by atoms with Crippen LogP contribution in [-0.4, -0.2) is 5.91 Å². The van der Waals surface area contributed by atoms with Gasteiger partial charge in [0.1, 0.15) is 0 Å². The molecule has 0 aliphatic heterocycles. The number of rotatable bonds is 3. The highest BCUT2D eigenvalue weighted by atomic mass is 79.9. The van der Waals surface area contributed by atoms with Crippen molar-refractivity contribution in [2.24, 2.45) is 0 Å². The van der Waals surface area contributed by atoms with Gasteiger partial charge in [-0.05, 0) is 52.2 Å². The number of carbonyl (C=O) groups is 1.